The molecule has 1 aromatic heterocycles. The van der Waals surface area contributed by atoms with Crippen molar-refractivity contribution in [2.75, 3.05) is 5.32 Å². The van der Waals surface area contributed by atoms with Crippen LogP contribution in [0, 0.1) is 5.82 Å². The van der Waals surface area contributed by atoms with E-state index in [4.69, 9.17) is 0 Å². The molecule has 1 heterocycles. The van der Waals surface area contributed by atoms with Gasteiger partial charge in [-0.3, -0.25) is 0 Å². The van der Waals surface area contributed by atoms with Crippen LogP contribution in [0.3, 0.4) is 0 Å². The van der Waals surface area contributed by atoms with Gasteiger partial charge in [-0.05, 0) is 54.3 Å². The minimum atomic E-state index is -4.14. The molecular weight excluding hydrogens is 415 g/mol. The Kier molecular flexibility index (Phi) is 6.76. The van der Waals surface area contributed by atoms with Crippen molar-refractivity contribution in [1.82, 2.24) is 4.72 Å². The zero-order valence-electron chi connectivity index (χ0n) is 17.3. The van der Waals surface area contributed by atoms with E-state index in [0.717, 1.165) is 11.3 Å². The Balaban J connectivity index is 2.33. The summed E-state index contributed by atoms with van der Waals surface area (Å²) in [6.45, 7) is 10.5. The van der Waals surface area contributed by atoms with Crippen LogP contribution in [0.5, 0.6) is 0 Å². The maximum absolute atomic E-state index is 14.4. The third-order valence-electron chi connectivity index (χ3n) is 4.44. The monoisotopic (exact) mass is 442 g/mol. The lowest BCUT2D eigenvalue weighted by molar-refractivity contribution is 0.0789. The second-order valence-corrected chi connectivity index (χ2v) is 10.8. The molecular formula is C20H27FN2O4S2. The predicted molar refractivity (Wildman–Crippen MR) is 113 cm³/mol. The molecule has 0 saturated carbocycles. The Morgan fingerprint density at radius 1 is 1.17 bits per heavy atom. The maximum Gasteiger partial charge on any atom is 0.333 e. The highest BCUT2D eigenvalue weighted by atomic mass is 32.2. The van der Waals surface area contributed by atoms with E-state index in [1.807, 2.05) is 18.6 Å². The summed E-state index contributed by atoms with van der Waals surface area (Å²) in [5.41, 5.74) is 0.544. The van der Waals surface area contributed by atoms with Crippen molar-refractivity contribution < 1.29 is 22.7 Å². The van der Waals surface area contributed by atoms with Gasteiger partial charge in [0.2, 0.25) is 0 Å². The number of carbonyl (C=O) groups is 1. The van der Waals surface area contributed by atoms with E-state index in [9.17, 15) is 22.7 Å². The number of aliphatic hydroxyl groups is 1. The lowest BCUT2D eigenvalue weighted by Gasteiger charge is -2.21. The Morgan fingerprint density at radius 2 is 1.79 bits per heavy atom. The van der Waals surface area contributed by atoms with E-state index in [1.165, 1.54) is 31.4 Å². The van der Waals surface area contributed by atoms with E-state index in [-0.39, 0.29) is 21.7 Å². The van der Waals surface area contributed by atoms with E-state index < -0.39 is 27.5 Å². The smallest absolute Gasteiger partial charge is 0.333 e. The van der Waals surface area contributed by atoms with Crippen LogP contribution < -0.4 is 10.0 Å². The molecule has 0 fully saturated rings. The van der Waals surface area contributed by atoms with Gasteiger partial charge >= 0.3 is 6.03 Å². The lowest BCUT2D eigenvalue weighted by Crippen LogP contribution is -2.34. The molecule has 6 nitrogen and oxygen atoms in total. The summed E-state index contributed by atoms with van der Waals surface area (Å²) in [5.74, 6) is -0.686. The number of halogens is 1. The zero-order chi connectivity index (χ0) is 22.1. The molecule has 2 aromatic rings. The van der Waals surface area contributed by atoms with Crippen molar-refractivity contribution in [1.29, 1.82) is 0 Å². The van der Waals surface area contributed by atoms with Crippen molar-refractivity contribution in [3.8, 4) is 0 Å². The third kappa shape index (κ3) is 5.34. The normalized spacial score (nSPS) is 12.5. The van der Waals surface area contributed by atoms with E-state index in [1.54, 1.807) is 19.9 Å². The average molecular weight is 443 g/mol. The standard InChI is InChI=1S/C20H27FN2O4S2/c1-11(2)14-7-8-15(21)17(12(3)4)18(14)22-19(24)23-29(26,27)16-9-13(10-28-16)20(5,6)25/h7-12,25H,1-6H3,(H2,22,23,24). The summed E-state index contributed by atoms with van der Waals surface area (Å²) in [4.78, 5) is 12.5. The number of anilines is 1. The number of hydrogen-bond acceptors (Lipinski definition) is 5. The van der Waals surface area contributed by atoms with Crippen LogP contribution in [0.4, 0.5) is 14.9 Å². The van der Waals surface area contributed by atoms with Crippen LogP contribution in [-0.2, 0) is 15.6 Å². The first-order chi connectivity index (χ1) is 13.2. The van der Waals surface area contributed by atoms with Gasteiger partial charge in [-0.1, -0.05) is 33.8 Å². The number of amides is 2. The fraction of sp³-hybridized carbons (Fsp3) is 0.450. The summed E-state index contributed by atoms with van der Waals surface area (Å²) < 4.78 is 41.4. The maximum atomic E-state index is 14.4. The number of nitrogens with one attached hydrogen (secondary N) is 2. The van der Waals surface area contributed by atoms with Crippen molar-refractivity contribution in [3.05, 3.63) is 46.1 Å². The molecule has 3 N–H and O–H groups in total. The molecule has 0 saturated heterocycles. The zero-order valence-corrected chi connectivity index (χ0v) is 19.0. The first-order valence-electron chi connectivity index (χ1n) is 9.21. The Morgan fingerprint density at radius 3 is 2.28 bits per heavy atom. The molecule has 160 valence electrons. The molecule has 29 heavy (non-hydrogen) atoms. The number of benzene rings is 1. The average Bonchev–Trinajstić information content (AvgIpc) is 3.04. The first-order valence-corrected chi connectivity index (χ1v) is 11.6. The minimum Gasteiger partial charge on any atom is -0.386 e. The molecule has 0 aliphatic heterocycles. The van der Waals surface area contributed by atoms with Crippen LogP contribution in [0.15, 0.2) is 27.8 Å². The van der Waals surface area contributed by atoms with E-state index in [0.29, 0.717) is 16.7 Å². The summed E-state index contributed by atoms with van der Waals surface area (Å²) in [5, 5.41) is 14.1. The molecule has 0 radical (unpaired) electrons. The topological polar surface area (TPSA) is 95.5 Å². The van der Waals surface area contributed by atoms with Gasteiger partial charge in [-0.15, -0.1) is 11.3 Å². The fourth-order valence-electron chi connectivity index (χ4n) is 2.89. The van der Waals surface area contributed by atoms with Gasteiger partial charge in [-0.25, -0.2) is 22.3 Å². The summed E-state index contributed by atoms with van der Waals surface area (Å²) in [7, 11) is -4.14. The summed E-state index contributed by atoms with van der Waals surface area (Å²) in [6, 6.07) is 3.29. The summed E-state index contributed by atoms with van der Waals surface area (Å²) in [6.07, 6.45) is 0. The molecule has 2 amide bonds. The Labute approximate surface area is 175 Å². The fourth-order valence-corrected chi connectivity index (χ4v) is 5.13. The van der Waals surface area contributed by atoms with Gasteiger partial charge in [0.25, 0.3) is 10.0 Å². The second-order valence-electron chi connectivity index (χ2n) is 8.01. The van der Waals surface area contributed by atoms with E-state index in [2.05, 4.69) is 5.32 Å². The highest BCUT2D eigenvalue weighted by Gasteiger charge is 2.26. The molecule has 0 atom stereocenters. The van der Waals surface area contributed by atoms with Crippen LogP contribution >= 0.6 is 11.3 Å². The van der Waals surface area contributed by atoms with Crippen LogP contribution in [0.25, 0.3) is 0 Å². The SMILES string of the molecule is CC(C)c1ccc(F)c(C(C)C)c1NC(=O)NS(=O)(=O)c1cc(C(C)(C)O)cs1. The van der Waals surface area contributed by atoms with Crippen LogP contribution in [-0.4, -0.2) is 19.6 Å². The second kappa shape index (κ2) is 8.41. The van der Waals surface area contributed by atoms with Gasteiger partial charge in [0.05, 0.1) is 11.3 Å². The van der Waals surface area contributed by atoms with Gasteiger partial charge in [0, 0.05) is 5.56 Å². The van der Waals surface area contributed by atoms with Crippen molar-refractivity contribution >= 4 is 33.1 Å². The number of hydrogen-bond donors (Lipinski definition) is 3. The van der Waals surface area contributed by atoms with Crippen LogP contribution in [0.1, 0.15) is 70.1 Å². The third-order valence-corrected chi connectivity index (χ3v) is 7.21. The number of sulfonamides is 1. The summed E-state index contributed by atoms with van der Waals surface area (Å²) >= 11 is 0.900. The molecule has 2 rings (SSSR count). The number of carbonyl (C=O) groups excluding carboxylic acids is 1. The van der Waals surface area contributed by atoms with Crippen molar-refractivity contribution in [2.24, 2.45) is 0 Å². The highest BCUT2D eigenvalue weighted by molar-refractivity contribution is 7.92. The van der Waals surface area contributed by atoms with Gasteiger partial charge < -0.3 is 10.4 Å². The molecule has 1 aromatic carbocycles. The Hall–Kier alpha value is -1.97. The van der Waals surface area contributed by atoms with Gasteiger partial charge in [-0.2, -0.15) is 0 Å². The first kappa shape index (κ1) is 23.3. The molecule has 0 aliphatic carbocycles. The minimum absolute atomic E-state index is 0.00773. The quantitative estimate of drug-likeness (QED) is 0.595. The predicted octanol–water partition coefficient (Wildman–Crippen LogP) is 4.87. The van der Waals surface area contributed by atoms with Crippen molar-refractivity contribution in [2.45, 2.75) is 63.2 Å². The highest BCUT2D eigenvalue weighted by Crippen LogP contribution is 2.34. The largest absolute Gasteiger partial charge is 0.386 e. The number of urea groups is 1. The number of thiophene rings is 1. The van der Waals surface area contributed by atoms with Gasteiger partial charge in [0.1, 0.15) is 10.0 Å². The number of rotatable bonds is 6. The molecule has 0 spiro atoms. The van der Waals surface area contributed by atoms with Crippen LogP contribution in [0.2, 0.25) is 0 Å². The molecule has 0 bridgehead atoms. The Bertz CT molecular complexity index is 1010. The molecule has 0 unspecified atom stereocenters. The van der Waals surface area contributed by atoms with Crippen molar-refractivity contribution in [3.63, 3.8) is 0 Å². The van der Waals surface area contributed by atoms with E-state index >= 15 is 0 Å². The molecule has 9 heteroatoms. The molecule has 0 aliphatic rings. The lowest BCUT2D eigenvalue weighted by atomic mass is 9.92. The van der Waals surface area contributed by atoms with Gasteiger partial charge in [0.15, 0.2) is 0 Å².